The van der Waals surface area contributed by atoms with Gasteiger partial charge in [0, 0.05) is 13.2 Å². The van der Waals surface area contributed by atoms with Gasteiger partial charge in [0.05, 0.1) is 18.8 Å². The van der Waals surface area contributed by atoms with E-state index in [9.17, 15) is 4.79 Å². The topological polar surface area (TPSA) is 54.0 Å². The molecule has 0 radical (unpaired) electrons. The number of ether oxygens (including phenoxy) is 3. The largest absolute Gasteiger partial charge is 0.463 e. The summed E-state index contributed by atoms with van der Waals surface area (Å²) >= 11 is 0. The summed E-state index contributed by atoms with van der Waals surface area (Å²) in [6.07, 6.45) is 12.9. The van der Waals surface area contributed by atoms with E-state index in [2.05, 4.69) is 46.0 Å². The SMILES string of the molecule is COCO[C@@H]1C[C@@H]2[C@H](/C=C/CCCCOC(=O)/C=C/[C@@H]2O[Si](C)(C)C(C)(C)C)C1. The van der Waals surface area contributed by atoms with E-state index in [1.54, 1.807) is 13.2 Å². The summed E-state index contributed by atoms with van der Waals surface area (Å²) in [6, 6.07) is 0. The van der Waals surface area contributed by atoms with Crippen LogP contribution in [-0.2, 0) is 23.4 Å². The van der Waals surface area contributed by atoms with Gasteiger partial charge in [0.2, 0.25) is 0 Å². The molecule has 0 bridgehead atoms. The molecule has 166 valence electrons. The molecule has 0 N–H and O–H groups in total. The highest BCUT2D eigenvalue weighted by Crippen LogP contribution is 2.43. The summed E-state index contributed by atoms with van der Waals surface area (Å²) in [4.78, 5) is 12.2. The van der Waals surface area contributed by atoms with Gasteiger partial charge in [-0.1, -0.05) is 32.9 Å². The lowest BCUT2D eigenvalue weighted by Crippen LogP contribution is -2.45. The summed E-state index contributed by atoms with van der Waals surface area (Å²) in [7, 11) is -0.362. The molecular formula is C23H40O5Si. The zero-order valence-corrected chi connectivity index (χ0v) is 20.1. The van der Waals surface area contributed by atoms with Crippen LogP contribution in [0.4, 0.5) is 0 Å². The maximum absolute atomic E-state index is 12.2. The molecule has 4 atom stereocenters. The number of methoxy groups -OCH3 is 1. The summed E-state index contributed by atoms with van der Waals surface area (Å²) in [5.41, 5.74) is 0. The molecule has 0 aromatic heterocycles. The lowest BCUT2D eigenvalue weighted by Gasteiger charge is -2.41. The monoisotopic (exact) mass is 424 g/mol. The third kappa shape index (κ3) is 7.35. The van der Waals surface area contributed by atoms with Crippen LogP contribution in [0.5, 0.6) is 0 Å². The first-order valence-electron chi connectivity index (χ1n) is 10.9. The second-order valence-corrected chi connectivity index (χ2v) is 14.5. The Hall–Kier alpha value is -0.953. The number of cyclic esters (lactones) is 1. The molecule has 1 heterocycles. The number of rotatable bonds is 5. The molecule has 6 heteroatoms. The van der Waals surface area contributed by atoms with E-state index in [1.807, 2.05) is 6.08 Å². The van der Waals surface area contributed by atoms with E-state index in [1.165, 1.54) is 0 Å². The fourth-order valence-electron chi connectivity index (χ4n) is 3.77. The molecule has 2 aliphatic rings. The minimum Gasteiger partial charge on any atom is -0.463 e. The Morgan fingerprint density at radius 1 is 1.17 bits per heavy atom. The Labute approximate surface area is 177 Å². The van der Waals surface area contributed by atoms with Crippen molar-refractivity contribution in [2.45, 2.75) is 83.2 Å². The fourth-order valence-corrected chi connectivity index (χ4v) is 5.06. The van der Waals surface area contributed by atoms with Crippen LogP contribution in [0.2, 0.25) is 18.1 Å². The van der Waals surface area contributed by atoms with E-state index < -0.39 is 8.32 Å². The normalized spacial score (nSPS) is 31.7. The van der Waals surface area contributed by atoms with E-state index in [0.717, 1.165) is 32.1 Å². The molecule has 1 fully saturated rings. The number of hydrogen-bond acceptors (Lipinski definition) is 5. The van der Waals surface area contributed by atoms with Gasteiger partial charge in [-0.05, 0) is 68.1 Å². The van der Waals surface area contributed by atoms with Gasteiger partial charge in [0.1, 0.15) is 6.79 Å². The lowest BCUT2D eigenvalue weighted by molar-refractivity contribution is -0.137. The van der Waals surface area contributed by atoms with Crippen LogP contribution in [0.15, 0.2) is 24.3 Å². The molecule has 0 saturated heterocycles. The molecule has 29 heavy (non-hydrogen) atoms. The van der Waals surface area contributed by atoms with Gasteiger partial charge >= 0.3 is 5.97 Å². The molecule has 1 saturated carbocycles. The molecule has 0 unspecified atom stereocenters. The number of carbonyl (C=O) groups excluding carboxylic acids is 1. The van der Waals surface area contributed by atoms with E-state index in [4.69, 9.17) is 18.6 Å². The van der Waals surface area contributed by atoms with E-state index in [-0.39, 0.29) is 29.1 Å². The summed E-state index contributed by atoms with van der Waals surface area (Å²) in [5, 5.41) is 0.0956. The highest BCUT2D eigenvalue weighted by Gasteiger charge is 2.44. The van der Waals surface area contributed by atoms with Gasteiger partial charge in [-0.25, -0.2) is 4.79 Å². The molecule has 2 rings (SSSR count). The highest BCUT2D eigenvalue weighted by atomic mass is 28.4. The second kappa shape index (κ2) is 10.9. The predicted molar refractivity (Wildman–Crippen MR) is 118 cm³/mol. The summed E-state index contributed by atoms with van der Waals surface area (Å²) < 4.78 is 23.2. The van der Waals surface area contributed by atoms with E-state index in [0.29, 0.717) is 19.3 Å². The van der Waals surface area contributed by atoms with Crippen molar-refractivity contribution in [2.75, 3.05) is 20.5 Å². The van der Waals surface area contributed by atoms with Crippen LogP contribution in [0.1, 0.15) is 52.9 Å². The number of fused-ring (bicyclic) bond motifs is 1. The molecule has 0 amide bonds. The quantitative estimate of drug-likeness (QED) is 0.262. The van der Waals surface area contributed by atoms with Crippen LogP contribution in [0, 0.1) is 11.8 Å². The van der Waals surface area contributed by atoms with Crippen LogP contribution in [0.25, 0.3) is 0 Å². The molecule has 0 aromatic rings. The van der Waals surface area contributed by atoms with Crippen molar-refractivity contribution in [3.8, 4) is 0 Å². The minimum atomic E-state index is -2.01. The Balaban J connectivity index is 2.30. The summed E-state index contributed by atoms with van der Waals surface area (Å²) in [5.74, 6) is 0.364. The smallest absolute Gasteiger partial charge is 0.330 e. The maximum atomic E-state index is 12.2. The van der Waals surface area contributed by atoms with Gasteiger partial charge in [-0.2, -0.15) is 0 Å². The van der Waals surface area contributed by atoms with Gasteiger partial charge in [0.25, 0.3) is 0 Å². The van der Waals surface area contributed by atoms with Crippen molar-refractivity contribution in [2.24, 2.45) is 11.8 Å². The van der Waals surface area contributed by atoms with Crippen molar-refractivity contribution in [3.63, 3.8) is 0 Å². The molecule has 1 aliphatic carbocycles. The van der Waals surface area contributed by atoms with Crippen LogP contribution >= 0.6 is 0 Å². The van der Waals surface area contributed by atoms with Crippen molar-refractivity contribution >= 4 is 14.3 Å². The van der Waals surface area contributed by atoms with Crippen LogP contribution < -0.4 is 0 Å². The van der Waals surface area contributed by atoms with Gasteiger partial charge in [-0.3, -0.25) is 0 Å². The fraction of sp³-hybridized carbons (Fsp3) is 0.783. The Kier molecular flexibility index (Phi) is 9.13. The first kappa shape index (κ1) is 24.3. The number of hydrogen-bond donors (Lipinski definition) is 0. The Bertz CT molecular complexity index is 578. The van der Waals surface area contributed by atoms with Crippen molar-refractivity contribution in [1.29, 1.82) is 0 Å². The van der Waals surface area contributed by atoms with Gasteiger partial charge in [-0.15, -0.1) is 0 Å². The predicted octanol–water partition coefficient (Wildman–Crippen LogP) is 5.23. The minimum absolute atomic E-state index is 0.0956. The van der Waals surface area contributed by atoms with Crippen LogP contribution in [-0.4, -0.2) is 47.0 Å². The second-order valence-electron chi connectivity index (χ2n) is 9.79. The number of esters is 1. The van der Waals surface area contributed by atoms with Gasteiger partial charge < -0.3 is 18.6 Å². The van der Waals surface area contributed by atoms with Crippen molar-refractivity contribution < 1.29 is 23.4 Å². The molecule has 5 nitrogen and oxygen atoms in total. The first-order valence-corrected chi connectivity index (χ1v) is 13.8. The highest BCUT2D eigenvalue weighted by molar-refractivity contribution is 6.74. The van der Waals surface area contributed by atoms with Crippen molar-refractivity contribution in [1.82, 2.24) is 0 Å². The standard InChI is InChI=1S/C23H40O5Si/c1-23(2,3)29(5,6)28-21-12-13-22(24)26-14-10-8-7-9-11-18-15-19(16-20(18)21)27-17-25-4/h9,11-13,18-21H,7-8,10,14-17H2,1-6H3/b11-9+,13-12+/t18-,19+,20-,21+/m1/s1. The third-order valence-corrected chi connectivity index (χ3v) is 11.0. The third-order valence-electron chi connectivity index (χ3n) is 6.52. The van der Waals surface area contributed by atoms with Crippen molar-refractivity contribution in [3.05, 3.63) is 24.3 Å². The Morgan fingerprint density at radius 3 is 2.62 bits per heavy atom. The molecule has 0 spiro atoms. The lowest BCUT2D eigenvalue weighted by atomic mass is 9.90. The molecule has 0 aromatic carbocycles. The number of carbonyl (C=O) groups is 1. The van der Waals surface area contributed by atoms with Crippen LogP contribution in [0.3, 0.4) is 0 Å². The average Bonchev–Trinajstić information content (AvgIpc) is 3.04. The first-order chi connectivity index (χ1) is 13.6. The Morgan fingerprint density at radius 2 is 1.93 bits per heavy atom. The average molecular weight is 425 g/mol. The molecular weight excluding hydrogens is 384 g/mol. The molecule has 1 aliphatic heterocycles. The number of allylic oxidation sites excluding steroid dienone is 2. The van der Waals surface area contributed by atoms with E-state index >= 15 is 0 Å². The zero-order chi connectivity index (χ0) is 21.5. The zero-order valence-electron chi connectivity index (χ0n) is 19.1. The van der Waals surface area contributed by atoms with Gasteiger partial charge in [0.15, 0.2) is 8.32 Å². The maximum Gasteiger partial charge on any atom is 0.330 e. The summed E-state index contributed by atoms with van der Waals surface area (Å²) in [6.45, 7) is 12.0.